The first-order chi connectivity index (χ1) is 13.0. The minimum atomic E-state index is -1.16. The van der Waals surface area contributed by atoms with Gasteiger partial charge < -0.3 is 10.4 Å². The van der Waals surface area contributed by atoms with E-state index in [2.05, 4.69) is 15.5 Å². The number of carboxylic acids is 1. The lowest BCUT2D eigenvalue weighted by Crippen LogP contribution is -2.70. The summed E-state index contributed by atoms with van der Waals surface area (Å²) in [5.74, 6) is -1.39. The number of thioether (sulfide) groups is 2. The standard InChI is InChI=1S/C15H12N4O4S4/c20-9(3-7-1-2-24-4-7)17-10-12(21)19-11(14(22)23)8(5-25-13(10)19)27-15-18-16-6-26-15/h1-2,4,6,10,13H,3,5H2,(H,17,20)(H,22,23)/t10-,13+/m1/s1. The minimum Gasteiger partial charge on any atom is -0.477 e. The number of thiophene rings is 1. The van der Waals surface area contributed by atoms with Crippen molar-refractivity contribution in [2.45, 2.75) is 22.2 Å². The van der Waals surface area contributed by atoms with E-state index in [4.69, 9.17) is 0 Å². The number of amides is 2. The second-order valence-corrected chi connectivity index (χ2v) is 9.71. The van der Waals surface area contributed by atoms with Crippen LogP contribution in [0, 0.1) is 0 Å². The van der Waals surface area contributed by atoms with Crippen LogP contribution in [-0.2, 0) is 20.8 Å². The van der Waals surface area contributed by atoms with Crippen LogP contribution in [0.1, 0.15) is 5.56 Å². The van der Waals surface area contributed by atoms with Gasteiger partial charge in [-0.1, -0.05) is 23.1 Å². The number of carbonyl (C=O) groups is 3. The van der Waals surface area contributed by atoms with Crippen LogP contribution >= 0.6 is 46.2 Å². The number of nitrogens with one attached hydrogen (secondary N) is 1. The van der Waals surface area contributed by atoms with Crippen LogP contribution in [0.25, 0.3) is 0 Å². The number of carbonyl (C=O) groups excluding carboxylic acids is 2. The molecular weight excluding hydrogens is 428 g/mol. The number of rotatable bonds is 6. The molecule has 0 spiro atoms. The van der Waals surface area contributed by atoms with E-state index in [-0.39, 0.29) is 18.0 Å². The third-order valence-corrected chi connectivity index (χ3v) is 8.00. The number of nitrogens with zero attached hydrogens (tertiary/aromatic N) is 3. The third kappa shape index (κ3) is 3.61. The van der Waals surface area contributed by atoms with E-state index in [1.54, 1.807) is 5.51 Å². The molecule has 2 aromatic rings. The maximum Gasteiger partial charge on any atom is 0.353 e. The Morgan fingerprint density at radius 3 is 2.96 bits per heavy atom. The molecule has 8 nitrogen and oxygen atoms in total. The maximum absolute atomic E-state index is 12.6. The van der Waals surface area contributed by atoms with Crippen LogP contribution in [0.2, 0.25) is 0 Å². The van der Waals surface area contributed by atoms with Crippen molar-refractivity contribution >= 4 is 64.0 Å². The number of hydrogen-bond donors (Lipinski definition) is 2. The Hall–Kier alpha value is -1.89. The van der Waals surface area contributed by atoms with Crippen LogP contribution in [-0.4, -0.2) is 55.2 Å². The molecule has 4 rings (SSSR count). The molecule has 1 saturated heterocycles. The molecular formula is C15H12N4O4S4. The van der Waals surface area contributed by atoms with Gasteiger partial charge in [0.05, 0.1) is 6.42 Å². The molecule has 2 amide bonds. The largest absolute Gasteiger partial charge is 0.477 e. The van der Waals surface area contributed by atoms with Crippen molar-refractivity contribution in [3.05, 3.63) is 38.5 Å². The van der Waals surface area contributed by atoms with Crippen LogP contribution in [0.3, 0.4) is 0 Å². The lowest BCUT2D eigenvalue weighted by Gasteiger charge is -2.49. The SMILES string of the molecule is O=C(Cc1ccsc1)N[C@@H]1C(=O)N2C(C(=O)O)=C(Sc3nncs3)CS[C@@H]12. The zero-order valence-corrected chi connectivity index (χ0v) is 16.8. The molecule has 2 aromatic heterocycles. The monoisotopic (exact) mass is 440 g/mol. The second-order valence-electron chi connectivity index (χ2n) is 5.65. The highest BCUT2D eigenvalue weighted by Crippen LogP contribution is 2.45. The molecule has 2 aliphatic heterocycles. The second kappa shape index (κ2) is 7.62. The summed E-state index contributed by atoms with van der Waals surface area (Å²) < 4.78 is 0.622. The molecule has 0 bridgehead atoms. The van der Waals surface area contributed by atoms with Crippen molar-refractivity contribution in [2.24, 2.45) is 0 Å². The quantitative estimate of drug-likeness (QED) is 0.652. The number of aliphatic carboxylic acids is 1. The molecule has 2 atom stereocenters. The Bertz CT molecular complexity index is 912. The van der Waals surface area contributed by atoms with Crippen LogP contribution in [0.15, 0.2) is 37.3 Å². The molecule has 12 heteroatoms. The fraction of sp³-hybridized carbons (Fsp3) is 0.267. The van der Waals surface area contributed by atoms with E-state index in [1.807, 2.05) is 16.8 Å². The first-order valence-electron chi connectivity index (χ1n) is 7.70. The molecule has 2 N–H and O–H groups in total. The zero-order chi connectivity index (χ0) is 19.0. The van der Waals surface area contributed by atoms with E-state index in [9.17, 15) is 19.5 Å². The van der Waals surface area contributed by atoms with Crippen molar-refractivity contribution in [3.8, 4) is 0 Å². The predicted molar refractivity (Wildman–Crippen MR) is 103 cm³/mol. The van der Waals surface area contributed by atoms with E-state index in [1.165, 1.54) is 51.1 Å². The molecule has 0 radical (unpaired) electrons. The van der Waals surface area contributed by atoms with Gasteiger partial charge in [0.15, 0.2) is 4.34 Å². The van der Waals surface area contributed by atoms with Gasteiger partial charge in [0.2, 0.25) is 5.91 Å². The third-order valence-electron chi connectivity index (χ3n) is 3.95. The summed E-state index contributed by atoms with van der Waals surface area (Å²) in [7, 11) is 0. The molecule has 2 aliphatic rings. The van der Waals surface area contributed by atoms with Crippen molar-refractivity contribution in [1.29, 1.82) is 0 Å². The molecule has 0 saturated carbocycles. The van der Waals surface area contributed by atoms with Gasteiger partial charge in [0.25, 0.3) is 5.91 Å². The lowest BCUT2D eigenvalue weighted by atomic mass is 10.0. The van der Waals surface area contributed by atoms with Gasteiger partial charge in [-0.05, 0) is 22.4 Å². The van der Waals surface area contributed by atoms with Gasteiger partial charge in [-0.3, -0.25) is 14.5 Å². The Morgan fingerprint density at radius 2 is 2.30 bits per heavy atom. The molecule has 0 unspecified atom stereocenters. The topological polar surface area (TPSA) is 112 Å². The summed E-state index contributed by atoms with van der Waals surface area (Å²) in [6.45, 7) is 0. The van der Waals surface area contributed by atoms with E-state index in [0.717, 1.165) is 5.56 Å². The average Bonchev–Trinajstić information content (AvgIpc) is 3.33. The van der Waals surface area contributed by atoms with E-state index in [0.29, 0.717) is 15.0 Å². The first-order valence-corrected chi connectivity index (χ1v) is 11.4. The smallest absolute Gasteiger partial charge is 0.353 e. The molecule has 27 heavy (non-hydrogen) atoms. The summed E-state index contributed by atoms with van der Waals surface area (Å²) in [6.07, 6.45) is 0.199. The Labute approximate surface area is 170 Å². The van der Waals surface area contributed by atoms with Gasteiger partial charge in [-0.15, -0.1) is 22.0 Å². The summed E-state index contributed by atoms with van der Waals surface area (Å²) in [5.41, 5.74) is 2.42. The van der Waals surface area contributed by atoms with Gasteiger partial charge in [-0.2, -0.15) is 11.3 Å². The van der Waals surface area contributed by atoms with E-state index >= 15 is 0 Å². The van der Waals surface area contributed by atoms with Crippen LogP contribution in [0.4, 0.5) is 0 Å². The minimum absolute atomic E-state index is 0.0349. The van der Waals surface area contributed by atoms with E-state index < -0.39 is 23.3 Å². The van der Waals surface area contributed by atoms with Gasteiger partial charge in [0, 0.05) is 10.7 Å². The number of hydrogen-bond acceptors (Lipinski definition) is 9. The maximum atomic E-state index is 12.6. The molecule has 4 heterocycles. The Morgan fingerprint density at radius 1 is 1.44 bits per heavy atom. The highest BCUT2D eigenvalue weighted by atomic mass is 32.2. The van der Waals surface area contributed by atoms with Gasteiger partial charge in [-0.25, -0.2) is 4.79 Å². The van der Waals surface area contributed by atoms with Crippen LogP contribution in [0.5, 0.6) is 0 Å². The summed E-state index contributed by atoms with van der Waals surface area (Å²) in [5, 5.41) is 23.4. The number of carboxylic acid groups (broad SMARTS) is 1. The first kappa shape index (κ1) is 18.5. The molecule has 140 valence electrons. The van der Waals surface area contributed by atoms with Crippen molar-refractivity contribution in [1.82, 2.24) is 20.4 Å². The fourth-order valence-corrected chi connectivity index (χ4v) is 6.57. The summed E-state index contributed by atoms with van der Waals surface area (Å²) in [6, 6.07) is 1.15. The Balaban J connectivity index is 1.48. The van der Waals surface area contributed by atoms with Crippen LogP contribution < -0.4 is 5.32 Å². The average molecular weight is 441 g/mol. The highest BCUT2D eigenvalue weighted by Gasteiger charge is 2.54. The highest BCUT2D eigenvalue weighted by molar-refractivity contribution is 8.07. The van der Waals surface area contributed by atoms with Crippen molar-refractivity contribution in [2.75, 3.05) is 5.75 Å². The van der Waals surface area contributed by atoms with Gasteiger partial charge in [0.1, 0.15) is 22.6 Å². The van der Waals surface area contributed by atoms with Crippen molar-refractivity contribution in [3.63, 3.8) is 0 Å². The zero-order valence-electron chi connectivity index (χ0n) is 13.5. The Kier molecular flexibility index (Phi) is 5.21. The summed E-state index contributed by atoms with van der Waals surface area (Å²) >= 11 is 5.45. The summed E-state index contributed by atoms with van der Waals surface area (Å²) in [4.78, 5) is 38.3. The fourth-order valence-electron chi connectivity index (χ4n) is 2.79. The van der Waals surface area contributed by atoms with Gasteiger partial charge >= 0.3 is 5.97 Å². The number of fused-ring (bicyclic) bond motifs is 1. The molecule has 0 aromatic carbocycles. The predicted octanol–water partition coefficient (Wildman–Crippen LogP) is 1.63. The lowest BCUT2D eigenvalue weighted by molar-refractivity contribution is -0.150. The molecule has 1 fully saturated rings. The van der Waals surface area contributed by atoms with Crippen molar-refractivity contribution < 1.29 is 19.5 Å². The molecule has 0 aliphatic carbocycles. The number of aromatic nitrogens is 2. The normalized spacial score (nSPS) is 21.6. The number of β-lactam (4-membered cyclic amide) rings is 1.